The molecular weight excluding hydrogens is 379 g/mol. The largest absolute Gasteiger partial charge is 0.350 e. The van der Waals surface area contributed by atoms with Gasteiger partial charge in [0.25, 0.3) is 5.91 Å². The number of hydrazine groups is 1. The highest BCUT2D eigenvalue weighted by Crippen LogP contribution is 2.16. The Morgan fingerprint density at radius 3 is 2.12 bits per heavy atom. The third-order valence-corrected chi connectivity index (χ3v) is 3.65. The number of carbonyl (C=O) groups excluding carboxylic acids is 2. The van der Waals surface area contributed by atoms with E-state index >= 15 is 0 Å². The molecule has 0 aliphatic heterocycles. The van der Waals surface area contributed by atoms with Crippen molar-refractivity contribution in [1.82, 2.24) is 9.99 Å². The van der Waals surface area contributed by atoms with Gasteiger partial charge in [-0.2, -0.15) is 0 Å². The molecule has 3 amide bonds. The summed E-state index contributed by atoms with van der Waals surface area (Å²) < 4.78 is 1.31. The molecule has 1 heterocycles. The smallest absolute Gasteiger partial charge is 0.338 e. The predicted molar refractivity (Wildman–Crippen MR) is 92.4 cm³/mol. The maximum Gasteiger partial charge on any atom is 0.338 e. The summed E-state index contributed by atoms with van der Waals surface area (Å²) in [4.78, 5) is 35.1. The van der Waals surface area contributed by atoms with Crippen LogP contribution in [-0.4, -0.2) is 16.5 Å². The van der Waals surface area contributed by atoms with Gasteiger partial charge >= 0.3 is 6.03 Å². The van der Waals surface area contributed by atoms with E-state index in [0.717, 1.165) is 5.01 Å². The van der Waals surface area contributed by atoms with Gasteiger partial charge in [0.05, 0.1) is 5.69 Å². The van der Waals surface area contributed by atoms with Gasteiger partial charge in [-0.05, 0) is 24.3 Å². The quantitative estimate of drug-likeness (QED) is 0.789. The van der Waals surface area contributed by atoms with E-state index in [2.05, 4.69) is 5.43 Å². The van der Waals surface area contributed by atoms with Crippen LogP contribution in [0.5, 0.6) is 0 Å². The van der Waals surface area contributed by atoms with Crippen LogP contribution in [0, 0.1) is 0 Å². The topological polar surface area (TPSA) is 97.4 Å². The maximum atomic E-state index is 12.1. The molecule has 0 aliphatic carbocycles. The molecule has 0 atom stereocenters. The SMILES string of the molecule is NC(=O)N(NC(=O)Cn1cc(Cl)c(=O)c(Cl)c1)c1ccc(Cl)cc1. The van der Waals surface area contributed by atoms with Crippen LogP contribution >= 0.6 is 34.8 Å². The van der Waals surface area contributed by atoms with Crippen molar-refractivity contribution >= 4 is 52.4 Å². The first-order valence-corrected chi connectivity index (χ1v) is 7.61. The molecular formula is C14H11Cl3N4O3. The third-order valence-electron chi connectivity index (χ3n) is 2.86. The molecule has 0 unspecified atom stereocenters. The highest BCUT2D eigenvalue weighted by atomic mass is 35.5. The Balaban J connectivity index is 2.15. The van der Waals surface area contributed by atoms with E-state index in [0.29, 0.717) is 10.7 Å². The second-order valence-corrected chi connectivity index (χ2v) is 5.89. The average Bonchev–Trinajstić information content (AvgIpc) is 2.51. The summed E-state index contributed by atoms with van der Waals surface area (Å²) in [6.45, 7) is -0.239. The number of primary amides is 1. The summed E-state index contributed by atoms with van der Waals surface area (Å²) in [7, 11) is 0. The van der Waals surface area contributed by atoms with Crippen LogP contribution in [0.25, 0.3) is 0 Å². The number of hydrogen-bond donors (Lipinski definition) is 2. The maximum absolute atomic E-state index is 12.1. The number of rotatable bonds is 3. The number of nitrogens with zero attached hydrogens (tertiary/aromatic N) is 2. The lowest BCUT2D eigenvalue weighted by molar-refractivity contribution is -0.121. The lowest BCUT2D eigenvalue weighted by Crippen LogP contribution is -2.50. The fourth-order valence-corrected chi connectivity index (χ4v) is 2.44. The van der Waals surface area contributed by atoms with Gasteiger partial charge in [0.2, 0.25) is 5.43 Å². The summed E-state index contributed by atoms with van der Waals surface area (Å²) >= 11 is 17.2. The second-order valence-electron chi connectivity index (χ2n) is 4.64. The second kappa shape index (κ2) is 7.57. The minimum atomic E-state index is -0.887. The number of hydrogen-bond acceptors (Lipinski definition) is 3. The van der Waals surface area contributed by atoms with Gasteiger partial charge in [0.1, 0.15) is 16.6 Å². The monoisotopic (exact) mass is 388 g/mol. The van der Waals surface area contributed by atoms with Crippen LogP contribution in [0.1, 0.15) is 0 Å². The van der Waals surface area contributed by atoms with Crippen molar-refractivity contribution in [3.05, 3.63) is 62.0 Å². The molecule has 0 aliphatic rings. The van der Waals surface area contributed by atoms with Gasteiger partial charge in [-0.3, -0.25) is 15.0 Å². The van der Waals surface area contributed by atoms with Crippen LogP contribution < -0.4 is 21.6 Å². The fourth-order valence-electron chi connectivity index (χ4n) is 1.81. The number of urea groups is 1. The lowest BCUT2D eigenvalue weighted by Gasteiger charge is -2.21. The highest BCUT2D eigenvalue weighted by Gasteiger charge is 2.16. The number of aromatic nitrogens is 1. The summed E-state index contributed by atoms with van der Waals surface area (Å²) in [5, 5.41) is 1.08. The first-order valence-electron chi connectivity index (χ1n) is 6.47. The van der Waals surface area contributed by atoms with Crippen molar-refractivity contribution in [2.75, 3.05) is 5.01 Å². The molecule has 2 rings (SSSR count). The van der Waals surface area contributed by atoms with Gasteiger partial charge < -0.3 is 10.3 Å². The van der Waals surface area contributed by atoms with E-state index in [1.165, 1.54) is 29.1 Å². The zero-order chi connectivity index (χ0) is 17.9. The fraction of sp³-hybridized carbons (Fsp3) is 0.0714. The van der Waals surface area contributed by atoms with Crippen molar-refractivity contribution in [2.45, 2.75) is 6.54 Å². The van der Waals surface area contributed by atoms with Gasteiger partial charge in [-0.15, -0.1) is 0 Å². The van der Waals surface area contributed by atoms with E-state index in [4.69, 9.17) is 40.5 Å². The number of carbonyl (C=O) groups is 2. The Kier molecular flexibility index (Phi) is 5.71. The standard InChI is InChI=1S/C14H11Cl3N4O3/c15-8-1-3-9(4-2-8)21(14(18)24)19-12(22)7-20-5-10(16)13(23)11(17)6-20/h1-6H,7H2,(H2,18,24)(H,19,22). The summed E-state index contributed by atoms with van der Waals surface area (Å²) in [6.07, 6.45) is 2.51. The molecule has 0 spiro atoms. The first kappa shape index (κ1) is 18.1. The zero-order valence-corrected chi connectivity index (χ0v) is 14.3. The molecule has 24 heavy (non-hydrogen) atoms. The molecule has 7 nitrogen and oxygen atoms in total. The molecule has 10 heteroatoms. The van der Waals surface area contributed by atoms with Crippen LogP contribution in [0.3, 0.4) is 0 Å². The van der Waals surface area contributed by atoms with Crippen molar-refractivity contribution in [3.63, 3.8) is 0 Å². The number of halogens is 3. The van der Waals surface area contributed by atoms with Crippen LogP contribution in [0.2, 0.25) is 15.1 Å². The Hall–Kier alpha value is -2.22. The molecule has 3 N–H and O–H groups in total. The normalized spacial score (nSPS) is 10.3. The number of nitrogens with two attached hydrogens (primary N) is 1. The molecule has 0 radical (unpaired) electrons. The van der Waals surface area contributed by atoms with Gasteiger partial charge in [0, 0.05) is 17.4 Å². The van der Waals surface area contributed by atoms with Crippen molar-refractivity contribution in [2.24, 2.45) is 5.73 Å². The van der Waals surface area contributed by atoms with Gasteiger partial charge in [-0.25, -0.2) is 9.80 Å². The van der Waals surface area contributed by atoms with Crippen LogP contribution in [0.15, 0.2) is 41.5 Å². The molecule has 1 aromatic carbocycles. The third kappa shape index (κ3) is 4.41. The molecule has 126 valence electrons. The molecule has 0 bridgehead atoms. The Morgan fingerprint density at radius 1 is 1.08 bits per heavy atom. The summed E-state index contributed by atoms with van der Waals surface area (Å²) in [6, 6.07) is 5.23. The average molecular weight is 390 g/mol. The molecule has 2 aromatic rings. The van der Waals surface area contributed by atoms with E-state index in [9.17, 15) is 14.4 Å². The van der Waals surface area contributed by atoms with Gasteiger partial charge in [0.15, 0.2) is 0 Å². The minimum Gasteiger partial charge on any atom is -0.350 e. The Morgan fingerprint density at radius 2 is 1.62 bits per heavy atom. The van der Waals surface area contributed by atoms with Crippen molar-refractivity contribution in [3.8, 4) is 0 Å². The number of anilines is 1. The number of benzene rings is 1. The lowest BCUT2D eigenvalue weighted by atomic mass is 10.3. The van der Waals surface area contributed by atoms with Gasteiger partial charge in [-0.1, -0.05) is 34.8 Å². The minimum absolute atomic E-state index is 0.125. The molecule has 0 saturated carbocycles. The van der Waals surface area contributed by atoms with E-state index < -0.39 is 17.4 Å². The van der Waals surface area contributed by atoms with Crippen LogP contribution in [0.4, 0.5) is 10.5 Å². The Bertz CT molecular complexity index is 810. The van der Waals surface area contributed by atoms with Crippen molar-refractivity contribution < 1.29 is 9.59 Å². The Labute approximate surface area is 151 Å². The molecule has 0 saturated heterocycles. The molecule has 1 aromatic heterocycles. The summed E-state index contributed by atoms with van der Waals surface area (Å²) in [5.74, 6) is -0.584. The first-order chi connectivity index (χ1) is 11.3. The van der Waals surface area contributed by atoms with E-state index in [1.54, 1.807) is 12.1 Å². The number of nitrogens with one attached hydrogen (secondary N) is 1. The summed E-state index contributed by atoms with van der Waals surface area (Å²) in [5.41, 5.74) is 7.41. The van der Waals surface area contributed by atoms with E-state index in [1.807, 2.05) is 0 Å². The van der Waals surface area contributed by atoms with Crippen molar-refractivity contribution in [1.29, 1.82) is 0 Å². The van der Waals surface area contributed by atoms with E-state index in [-0.39, 0.29) is 16.6 Å². The zero-order valence-electron chi connectivity index (χ0n) is 12.0. The number of pyridine rings is 1. The highest BCUT2D eigenvalue weighted by molar-refractivity contribution is 6.34. The predicted octanol–water partition coefficient (Wildman–Crippen LogP) is 2.42. The number of amides is 3. The molecule has 0 fully saturated rings. The van der Waals surface area contributed by atoms with Crippen LogP contribution in [-0.2, 0) is 11.3 Å².